The predicted octanol–water partition coefficient (Wildman–Crippen LogP) is 0.775. The first-order valence-corrected chi connectivity index (χ1v) is 4.69. The van der Waals surface area contributed by atoms with Gasteiger partial charge in [0.1, 0.15) is 5.82 Å². The van der Waals surface area contributed by atoms with Crippen LogP contribution in [0.2, 0.25) is 0 Å². The number of hydrogen-bond donors (Lipinski definition) is 1. The van der Waals surface area contributed by atoms with Crippen LogP contribution in [0, 0.1) is 5.82 Å². The van der Waals surface area contributed by atoms with E-state index in [1.54, 1.807) is 6.07 Å². The molecule has 0 bridgehead atoms. The largest absolute Gasteiger partial charge is 0.464 e. The van der Waals surface area contributed by atoms with Gasteiger partial charge >= 0.3 is 5.97 Å². The third-order valence-electron chi connectivity index (χ3n) is 2.14. The number of ether oxygens (including phenoxy) is 1. The van der Waals surface area contributed by atoms with Crippen LogP contribution in [0.3, 0.4) is 0 Å². The highest BCUT2D eigenvalue weighted by Gasteiger charge is 2.18. The van der Waals surface area contributed by atoms with Gasteiger partial charge in [-0.1, -0.05) is 11.3 Å². The van der Waals surface area contributed by atoms with E-state index < -0.39 is 11.8 Å². The van der Waals surface area contributed by atoms with Gasteiger partial charge in [0.2, 0.25) is 5.69 Å². The minimum absolute atomic E-state index is 0.00227. The minimum Gasteiger partial charge on any atom is -0.464 e. The van der Waals surface area contributed by atoms with Crippen LogP contribution in [0.25, 0.3) is 5.69 Å². The second-order valence-corrected chi connectivity index (χ2v) is 3.21. The Labute approximate surface area is 95.8 Å². The van der Waals surface area contributed by atoms with Gasteiger partial charge in [0.25, 0.3) is 0 Å². The molecule has 2 N–H and O–H groups in total. The number of nitrogen functional groups attached to an aromatic ring is 1. The van der Waals surface area contributed by atoms with E-state index >= 15 is 0 Å². The zero-order valence-corrected chi connectivity index (χ0v) is 8.92. The fourth-order valence-electron chi connectivity index (χ4n) is 1.33. The summed E-state index contributed by atoms with van der Waals surface area (Å²) in [5.74, 6) is -1.12. The van der Waals surface area contributed by atoms with Crippen molar-refractivity contribution in [1.82, 2.24) is 15.0 Å². The van der Waals surface area contributed by atoms with Gasteiger partial charge in [-0.25, -0.2) is 9.18 Å². The SMILES string of the molecule is COC(=O)c1nnn(-c2cccc(F)c2)c1N. The van der Waals surface area contributed by atoms with Crippen LogP contribution in [-0.2, 0) is 4.74 Å². The average molecular weight is 236 g/mol. The minimum atomic E-state index is -0.690. The molecule has 2 rings (SSSR count). The van der Waals surface area contributed by atoms with Crippen molar-refractivity contribution in [1.29, 1.82) is 0 Å². The molecule has 0 aliphatic carbocycles. The first-order chi connectivity index (χ1) is 8.13. The molecule has 6 nitrogen and oxygen atoms in total. The number of halogens is 1. The lowest BCUT2D eigenvalue weighted by Gasteiger charge is -2.02. The molecule has 0 saturated carbocycles. The molecule has 0 amide bonds. The summed E-state index contributed by atoms with van der Waals surface area (Å²) in [5, 5.41) is 7.25. The first kappa shape index (κ1) is 11.1. The Morgan fingerprint density at radius 1 is 1.53 bits per heavy atom. The maximum Gasteiger partial charge on any atom is 0.362 e. The molecule has 0 unspecified atom stereocenters. The summed E-state index contributed by atoms with van der Waals surface area (Å²) < 4.78 is 18.7. The Balaban J connectivity index is 2.48. The maximum atomic E-state index is 13.0. The monoisotopic (exact) mass is 236 g/mol. The number of nitrogens with two attached hydrogens (primary N) is 1. The van der Waals surface area contributed by atoms with Crippen LogP contribution in [0.5, 0.6) is 0 Å². The third kappa shape index (κ3) is 1.94. The number of carbonyl (C=O) groups excluding carboxylic acids is 1. The molecule has 7 heteroatoms. The Bertz CT molecular complexity index is 567. The van der Waals surface area contributed by atoms with Crippen molar-refractivity contribution < 1.29 is 13.9 Å². The quantitative estimate of drug-likeness (QED) is 0.779. The first-order valence-electron chi connectivity index (χ1n) is 4.69. The molecule has 17 heavy (non-hydrogen) atoms. The second kappa shape index (κ2) is 4.20. The van der Waals surface area contributed by atoms with E-state index in [1.165, 1.54) is 25.3 Å². The fraction of sp³-hybridized carbons (Fsp3) is 0.100. The van der Waals surface area contributed by atoms with Crippen molar-refractivity contribution in [3.8, 4) is 5.69 Å². The lowest BCUT2D eigenvalue weighted by molar-refractivity contribution is 0.0595. The summed E-state index contributed by atoms with van der Waals surface area (Å²) in [5.41, 5.74) is 5.96. The summed E-state index contributed by atoms with van der Waals surface area (Å²) in [6.45, 7) is 0. The third-order valence-corrected chi connectivity index (χ3v) is 2.14. The van der Waals surface area contributed by atoms with Gasteiger partial charge in [-0.2, -0.15) is 4.68 Å². The molecule has 1 aromatic heterocycles. The molecule has 0 aliphatic heterocycles. The predicted molar refractivity (Wildman–Crippen MR) is 57.1 cm³/mol. The molecular weight excluding hydrogens is 227 g/mol. The van der Waals surface area contributed by atoms with Crippen molar-refractivity contribution in [2.24, 2.45) is 0 Å². The number of anilines is 1. The number of hydrogen-bond acceptors (Lipinski definition) is 5. The fourth-order valence-corrected chi connectivity index (χ4v) is 1.33. The summed E-state index contributed by atoms with van der Waals surface area (Å²) in [6.07, 6.45) is 0. The standard InChI is InChI=1S/C10H9FN4O2/c1-17-10(16)8-9(12)15(14-13-8)7-4-2-3-6(11)5-7/h2-5H,12H2,1H3. The summed E-state index contributed by atoms with van der Waals surface area (Å²) >= 11 is 0. The van der Waals surface area contributed by atoms with E-state index in [9.17, 15) is 9.18 Å². The van der Waals surface area contributed by atoms with Gasteiger partial charge in [-0.05, 0) is 18.2 Å². The smallest absolute Gasteiger partial charge is 0.362 e. The Morgan fingerprint density at radius 3 is 2.94 bits per heavy atom. The van der Waals surface area contributed by atoms with Crippen LogP contribution in [0.4, 0.5) is 10.2 Å². The lowest BCUT2D eigenvalue weighted by atomic mass is 10.3. The molecule has 0 spiro atoms. The molecule has 0 aliphatic rings. The van der Waals surface area contributed by atoms with Crippen LogP contribution in [-0.4, -0.2) is 28.1 Å². The van der Waals surface area contributed by atoms with Gasteiger partial charge in [-0.3, -0.25) is 0 Å². The average Bonchev–Trinajstić information content (AvgIpc) is 2.70. The molecule has 0 radical (unpaired) electrons. The molecule has 88 valence electrons. The van der Waals surface area contributed by atoms with Gasteiger partial charge in [0.05, 0.1) is 12.8 Å². The normalized spacial score (nSPS) is 10.2. The second-order valence-electron chi connectivity index (χ2n) is 3.21. The number of methoxy groups -OCH3 is 1. The topological polar surface area (TPSA) is 83.0 Å². The Morgan fingerprint density at radius 2 is 2.29 bits per heavy atom. The zero-order chi connectivity index (χ0) is 12.4. The highest BCUT2D eigenvalue weighted by atomic mass is 19.1. The number of rotatable bonds is 2. The Hall–Kier alpha value is -2.44. The summed E-state index contributed by atoms with van der Waals surface area (Å²) in [7, 11) is 1.21. The molecule has 1 aromatic carbocycles. The van der Waals surface area contributed by atoms with E-state index in [0.29, 0.717) is 5.69 Å². The highest BCUT2D eigenvalue weighted by molar-refractivity contribution is 5.92. The molecule has 0 fully saturated rings. The van der Waals surface area contributed by atoms with Crippen LogP contribution in [0.1, 0.15) is 10.5 Å². The molecule has 0 saturated heterocycles. The summed E-state index contributed by atoms with van der Waals surface area (Å²) in [4.78, 5) is 11.3. The van der Waals surface area contributed by atoms with E-state index in [4.69, 9.17) is 5.73 Å². The number of benzene rings is 1. The zero-order valence-electron chi connectivity index (χ0n) is 8.92. The van der Waals surface area contributed by atoms with Crippen LogP contribution in [0.15, 0.2) is 24.3 Å². The van der Waals surface area contributed by atoms with Gasteiger partial charge in [0.15, 0.2) is 5.82 Å². The van der Waals surface area contributed by atoms with Gasteiger partial charge in [-0.15, -0.1) is 5.10 Å². The van der Waals surface area contributed by atoms with E-state index in [-0.39, 0.29) is 11.5 Å². The van der Waals surface area contributed by atoms with Crippen molar-refractivity contribution >= 4 is 11.8 Å². The van der Waals surface area contributed by atoms with Crippen molar-refractivity contribution in [3.63, 3.8) is 0 Å². The highest BCUT2D eigenvalue weighted by Crippen LogP contribution is 2.16. The molecular formula is C10H9FN4O2. The number of carbonyl (C=O) groups is 1. The van der Waals surface area contributed by atoms with Crippen LogP contribution >= 0.6 is 0 Å². The summed E-state index contributed by atoms with van der Waals surface area (Å²) in [6, 6.07) is 5.61. The Kier molecular flexibility index (Phi) is 2.73. The lowest BCUT2D eigenvalue weighted by Crippen LogP contribution is -2.07. The van der Waals surface area contributed by atoms with Gasteiger partial charge in [0, 0.05) is 0 Å². The molecule has 2 aromatic rings. The molecule has 0 atom stereocenters. The number of nitrogens with zero attached hydrogens (tertiary/aromatic N) is 3. The van der Waals surface area contributed by atoms with Crippen molar-refractivity contribution in [2.45, 2.75) is 0 Å². The van der Waals surface area contributed by atoms with E-state index in [0.717, 1.165) is 4.68 Å². The van der Waals surface area contributed by atoms with Crippen molar-refractivity contribution in [3.05, 3.63) is 35.8 Å². The molecule has 1 heterocycles. The van der Waals surface area contributed by atoms with Gasteiger partial charge < -0.3 is 10.5 Å². The van der Waals surface area contributed by atoms with Crippen molar-refractivity contribution in [2.75, 3.05) is 12.8 Å². The van der Waals surface area contributed by atoms with E-state index in [1.807, 2.05) is 0 Å². The number of aromatic nitrogens is 3. The maximum absolute atomic E-state index is 13.0. The number of esters is 1. The van der Waals surface area contributed by atoms with Crippen LogP contribution < -0.4 is 5.73 Å². The van der Waals surface area contributed by atoms with E-state index in [2.05, 4.69) is 15.0 Å².